The second-order valence-corrected chi connectivity index (χ2v) is 12.2. The number of esters is 2. The molecular weight excluding hydrogens is 444 g/mol. The lowest BCUT2D eigenvalue weighted by atomic mass is 9.56. The van der Waals surface area contributed by atoms with E-state index in [0.717, 1.165) is 0 Å². The largest absolute Gasteiger partial charge is 0.461 e. The minimum absolute atomic E-state index is 0.00213. The van der Waals surface area contributed by atoms with E-state index in [1.807, 2.05) is 0 Å². The number of aliphatic hydroxyl groups excluding tert-OH is 2. The van der Waals surface area contributed by atoms with Crippen molar-refractivity contribution < 1.29 is 44.6 Å². The van der Waals surface area contributed by atoms with Crippen LogP contribution in [0.3, 0.4) is 0 Å². The smallest absolute Gasteiger partial charge is 0.305 e. The number of fused-ring (bicyclic) bond motifs is 2. The molecule has 4 aliphatic carbocycles. The van der Waals surface area contributed by atoms with Gasteiger partial charge in [0.1, 0.15) is 17.8 Å². The molecule has 4 saturated carbocycles. The Morgan fingerprint density at radius 1 is 0.941 bits per heavy atom. The fourth-order valence-electron chi connectivity index (χ4n) is 8.44. The molecule has 0 aromatic rings. The molecule has 5 N–H and O–H groups in total. The molecule has 0 aromatic carbocycles. The third kappa shape index (κ3) is 3.03. The molecule has 34 heavy (non-hydrogen) atoms. The van der Waals surface area contributed by atoms with Crippen LogP contribution in [0, 0.1) is 28.6 Å². The average Bonchev–Trinajstić information content (AvgIpc) is 2.97. The number of ether oxygens (including phenoxy) is 2. The third-order valence-corrected chi connectivity index (χ3v) is 10.2. The van der Waals surface area contributed by atoms with Gasteiger partial charge in [-0.15, -0.1) is 0 Å². The van der Waals surface area contributed by atoms with Gasteiger partial charge in [0.25, 0.3) is 0 Å². The van der Waals surface area contributed by atoms with Crippen molar-refractivity contribution in [1.29, 1.82) is 0 Å². The Hall–Kier alpha value is -1.26. The van der Waals surface area contributed by atoms with Gasteiger partial charge in [-0.2, -0.15) is 0 Å². The standard InChI is InChI=1S/C25H40O9/c1-7-17(28)34-19-13-8-9-14-23(6,31)15-10-16(27)21(3,4)25(15,32)20(33-12(2)26)18(29)24(14,19)11-22(13,5)30/h13-16,18-20,27,29-32H,7-11H2,1-6H3/t13?,14?,15-,16?,18+,19?,20?,22+,23+,24?,25-/m0/s1. The molecule has 4 fully saturated rings. The number of carbonyl (C=O) groups excluding carboxylic acids is 2. The van der Waals surface area contributed by atoms with Crippen LogP contribution in [0.15, 0.2) is 0 Å². The van der Waals surface area contributed by atoms with Crippen molar-refractivity contribution in [3.8, 4) is 0 Å². The van der Waals surface area contributed by atoms with Crippen LogP contribution in [0.4, 0.5) is 0 Å². The van der Waals surface area contributed by atoms with Crippen LogP contribution >= 0.6 is 0 Å². The van der Waals surface area contributed by atoms with Gasteiger partial charge in [0.2, 0.25) is 0 Å². The minimum atomic E-state index is -1.99. The number of rotatable bonds is 3. The van der Waals surface area contributed by atoms with Crippen molar-refractivity contribution in [2.75, 3.05) is 0 Å². The molecule has 11 atom stereocenters. The van der Waals surface area contributed by atoms with Crippen molar-refractivity contribution in [1.82, 2.24) is 0 Å². The summed E-state index contributed by atoms with van der Waals surface area (Å²) < 4.78 is 11.5. The molecule has 2 bridgehead atoms. The zero-order valence-electron chi connectivity index (χ0n) is 20.9. The van der Waals surface area contributed by atoms with Crippen LogP contribution in [0.5, 0.6) is 0 Å². The molecule has 1 spiro atoms. The second-order valence-electron chi connectivity index (χ2n) is 12.2. The number of hydrogen-bond acceptors (Lipinski definition) is 9. The van der Waals surface area contributed by atoms with Gasteiger partial charge >= 0.3 is 11.9 Å². The van der Waals surface area contributed by atoms with E-state index >= 15 is 0 Å². The molecule has 0 amide bonds. The van der Waals surface area contributed by atoms with Crippen LogP contribution in [0.25, 0.3) is 0 Å². The van der Waals surface area contributed by atoms with Crippen molar-refractivity contribution >= 4 is 11.9 Å². The molecule has 4 aliphatic rings. The maximum absolute atomic E-state index is 12.5. The quantitative estimate of drug-likeness (QED) is 0.364. The Kier molecular flexibility index (Phi) is 5.79. The molecule has 0 aliphatic heterocycles. The molecule has 0 heterocycles. The van der Waals surface area contributed by atoms with E-state index in [1.165, 1.54) is 6.92 Å². The van der Waals surface area contributed by atoms with E-state index in [1.54, 1.807) is 34.6 Å². The summed E-state index contributed by atoms with van der Waals surface area (Å²) in [6.45, 7) is 9.30. The van der Waals surface area contributed by atoms with Crippen LogP contribution in [0.2, 0.25) is 0 Å². The van der Waals surface area contributed by atoms with Crippen molar-refractivity contribution in [3.05, 3.63) is 0 Å². The number of hydrogen-bond donors (Lipinski definition) is 5. The first-order valence-electron chi connectivity index (χ1n) is 12.4. The number of aliphatic hydroxyl groups is 5. The lowest BCUT2D eigenvalue weighted by Gasteiger charge is -2.53. The first kappa shape index (κ1) is 25.8. The lowest BCUT2D eigenvalue weighted by Crippen LogP contribution is -2.65. The summed E-state index contributed by atoms with van der Waals surface area (Å²) in [5, 5.41) is 58.9. The van der Waals surface area contributed by atoms with E-state index < -0.39 is 81.7 Å². The Bertz CT molecular complexity index is 866. The topological polar surface area (TPSA) is 154 Å². The second kappa shape index (κ2) is 7.62. The monoisotopic (exact) mass is 484 g/mol. The van der Waals surface area contributed by atoms with Crippen LogP contribution < -0.4 is 0 Å². The molecule has 9 heteroatoms. The summed E-state index contributed by atoms with van der Waals surface area (Å²) in [6.07, 6.45) is -4.08. The van der Waals surface area contributed by atoms with Crippen LogP contribution in [0.1, 0.15) is 73.6 Å². The Labute approximate surface area is 200 Å². The van der Waals surface area contributed by atoms with Gasteiger partial charge < -0.3 is 35.0 Å². The highest BCUT2D eigenvalue weighted by atomic mass is 16.6. The highest BCUT2D eigenvalue weighted by Gasteiger charge is 2.80. The first-order valence-corrected chi connectivity index (χ1v) is 12.4. The van der Waals surface area contributed by atoms with E-state index in [-0.39, 0.29) is 19.3 Å². The summed E-state index contributed by atoms with van der Waals surface area (Å²) in [5.41, 5.74) is -7.56. The summed E-state index contributed by atoms with van der Waals surface area (Å²) in [5.74, 6) is -3.37. The number of carbonyl (C=O) groups is 2. The fraction of sp³-hybridized carbons (Fsp3) is 0.920. The highest BCUT2D eigenvalue weighted by Crippen LogP contribution is 2.70. The molecular formula is C25H40O9. The maximum atomic E-state index is 12.5. The molecule has 0 radical (unpaired) electrons. The van der Waals surface area contributed by atoms with Crippen molar-refractivity contribution in [2.24, 2.45) is 28.6 Å². The van der Waals surface area contributed by atoms with Gasteiger partial charge in [0, 0.05) is 36.0 Å². The summed E-state index contributed by atoms with van der Waals surface area (Å²) in [6, 6.07) is 0. The van der Waals surface area contributed by atoms with Gasteiger partial charge in [-0.3, -0.25) is 9.59 Å². The van der Waals surface area contributed by atoms with Crippen molar-refractivity contribution in [3.63, 3.8) is 0 Å². The SMILES string of the molecule is CCC(=O)OC1C2CCC3C1(C[C@@]2(C)O)[C@H](O)C(OC(C)=O)[C@@]1(O)[C@@H](CC(O)C1(C)C)[C@]3(C)O. The lowest BCUT2D eigenvalue weighted by molar-refractivity contribution is -0.235. The summed E-state index contributed by atoms with van der Waals surface area (Å²) in [4.78, 5) is 24.7. The molecule has 0 saturated heterocycles. The summed E-state index contributed by atoms with van der Waals surface area (Å²) in [7, 11) is 0. The van der Waals surface area contributed by atoms with Gasteiger partial charge in [-0.1, -0.05) is 20.8 Å². The molecule has 6 unspecified atom stereocenters. The Balaban J connectivity index is 1.99. The van der Waals surface area contributed by atoms with E-state index in [0.29, 0.717) is 12.8 Å². The normalized spacial score (nSPS) is 53.4. The predicted molar refractivity (Wildman–Crippen MR) is 119 cm³/mol. The predicted octanol–water partition coefficient (Wildman–Crippen LogP) is 0.671. The summed E-state index contributed by atoms with van der Waals surface area (Å²) >= 11 is 0. The Morgan fingerprint density at radius 3 is 2.12 bits per heavy atom. The van der Waals surface area contributed by atoms with E-state index in [9.17, 15) is 35.1 Å². The van der Waals surface area contributed by atoms with Gasteiger partial charge in [-0.05, 0) is 45.4 Å². The molecule has 0 aromatic heterocycles. The minimum Gasteiger partial charge on any atom is -0.461 e. The van der Waals surface area contributed by atoms with E-state index in [4.69, 9.17) is 9.47 Å². The maximum Gasteiger partial charge on any atom is 0.305 e. The molecule has 4 rings (SSSR count). The first-order chi connectivity index (χ1) is 15.5. The average molecular weight is 485 g/mol. The molecule has 9 nitrogen and oxygen atoms in total. The third-order valence-electron chi connectivity index (χ3n) is 10.2. The van der Waals surface area contributed by atoms with E-state index in [2.05, 4.69) is 0 Å². The Morgan fingerprint density at radius 2 is 1.56 bits per heavy atom. The van der Waals surface area contributed by atoms with Gasteiger partial charge in [0.05, 0.1) is 17.3 Å². The highest BCUT2D eigenvalue weighted by molar-refractivity contribution is 5.69. The molecule has 194 valence electrons. The van der Waals surface area contributed by atoms with Crippen molar-refractivity contribution in [2.45, 2.75) is 115 Å². The zero-order valence-corrected chi connectivity index (χ0v) is 20.9. The van der Waals surface area contributed by atoms with Crippen LogP contribution in [-0.2, 0) is 19.1 Å². The zero-order chi connectivity index (χ0) is 25.6. The van der Waals surface area contributed by atoms with Gasteiger partial charge in [0.15, 0.2) is 6.10 Å². The van der Waals surface area contributed by atoms with Crippen LogP contribution in [-0.4, -0.2) is 78.7 Å². The fourth-order valence-corrected chi connectivity index (χ4v) is 8.44. The van der Waals surface area contributed by atoms with Gasteiger partial charge in [-0.25, -0.2) is 0 Å².